The first-order valence-electron chi connectivity index (χ1n) is 6.32. The summed E-state index contributed by atoms with van der Waals surface area (Å²) in [5, 5.41) is 15.5. The van der Waals surface area contributed by atoms with Crippen LogP contribution in [0.25, 0.3) is 0 Å². The Morgan fingerprint density at radius 2 is 1.95 bits per heavy atom. The number of nitrogens with two attached hydrogens (primary N) is 1. The molecule has 1 aliphatic carbocycles. The second-order valence-corrected chi connectivity index (χ2v) is 7.45. The summed E-state index contributed by atoms with van der Waals surface area (Å²) in [5.41, 5.74) is 1.26. The van der Waals surface area contributed by atoms with Gasteiger partial charge in [0.2, 0.25) is 10.0 Å². The van der Waals surface area contributed by atoms with Crippen molar-refractivity contribution in [3.8, 4) is 0 Å². The molecule has 6 heteroatoms. The van der Waals surface area contributed by atoms with Crippen LogP contribution in [0.5, 0.6) is 0 Å². The van der Waals surface area contributed by atoms with Crippen LogP contribution in [-0.2, 0) is 10.0 Å². The van der Waals surface area contributed by atoms with Crippen LogP contribution in [0.1, 0.15) is 42.7 Å². The Bertz CT molecular complexity index is 586. The average Bonchev–Trinajstić information content (AvgIpc) is 2.31. The van der Waals surface area contributed by atoms with E-state index < -0.39 is 16.1 Å². The van der Waals surface area contributed by atoms with E-state index in [9.17, 15) is 13.5 Å². The third kappa shape index (κ3) is 3.02. The van der Waals surface area contributed by atoms with Gasteiger partial charge < -0.3 is 5.11 Å². The molecule has 106 valence electrons. The molecule has 1 aliphatic rings. The van der Waals surface area contributed by atoms with Crippen LogP contribution in [0.4, 0.5) is 0 Å². The van der Waals surface area contributed by atoms with Gasteiger partial charge in [-0.2, -0.15) is 0 Å². The minimum atomic E-state index is -3.80. The molecular weight excluding hydrogens is 330 g/mol. The van der Waals surface area contributed by atoms with Gasteiger partial charge >= 0.3 is 0 Å². The zero-order valence-electron chi connectivity index (χ0n) is 10.8. The monoisotopic (exact) mass is 347 g/mol. The van der Waals surface area contributed by atoms with Crippen molar-refractivity contribution in [1.82, 2.24) is 0 Å². The Hall–Kier alpha value is -0.430. The van der Waals surface area contributed by atoms with E-state index in [0.717, 1.165) is 19.3 Å². The number of halogens is 1. The highest BCUT2D eigenvalue weighted by atomic mass is 79.9. The molecule has 2 rings (SSSR count). The second kappa shape index (κ2) is 5.52. The van der Waals surface area contributed by atoms with Crippen molar-refractivity contribution in [2.24, 2.45) is 5.14 Å². The van der Waals surface area contributed by atoms with E-state index in [0.29, 0.717) is 22.0 Å². The van der Waals surface area contributed by atoms with Crippen molar-refractivity contribution in [3.63, 3.8) is 0 Å². The lowest BCUT2D eigenvalue weighted by molar-refractivity contribution is 0.105. The van der Waals surface area contributed by atoms with Crippen LogP contribution in [0.15, 0.2) is 21.5 Å². The molecule has 0 aromatic heterocycles. The van der Waals surface area contributed by atoms with Crippen molar-refractivity contribution in [2.45, 2.75) is 49.5 Å². The fraction of sp³-hybridized carbons (Fsp3) is 0.538. The molecule has 1 aromatic rings. The fourth-order valence-corrected chi connectivity index (χ4v) is 4.38. The molecule has 1 fully saturated rings. The van der Waals surface area contributed by atoms with Crippen LogP contribution < -0.4 is 5.14 Å². The predicted octanol–water partition coefficient (Wildman–Crippen LogP) is 2.42. The van der Waals surface area contributed by atoms with Crippen LogP contribution >= 0.6 is 15.9 Å². The third-order valence-electron chi connectivity index (χ3n) is 3.78. The molecule has 0 aliphatic heterocycles. The topological polar surface area (TPSA) is 80.4 Å². The molecule has 3 N–H and O–H groups in total. The van der Waals surface area contributed by atoms with Crippen LogP contribution in [-0.4, -0.2) is 19.6 Å². The number of sulfonamides is 1. The number of hydrogen-bond acceptors (Lipinski definition) is 3. The smallest absolute Gasteiger partial charge is 0.238 e. The van der Waals surface area contributed by atoms with Crippen molar-refractivity contribution < 1.29 is 13.5 Å². The molecule has 0 saturated heterocycles. The summed E-state index contributed by atoms with van der Waals surface area (Å²) in [5.74, 6) is -0.145. The molecule has 0 bridgehead atoms. The van der Waals surface area contributed by atoms with Gasteiger partial charge in [0.15, 0.2) is 0 Å². The lowest BCUT2D eigenvalue weighted by Gasteiger charge is -2.29. The molecule has 0 spiro atoms. The molecule has 19 heavy (non-hydrogen) atoms. The molecule has 0 unspecified atom stereocenters. The number of benzene rings is 1. The Morgan fingerprint density at radius 1 is 1.32 bits per heavy atom. The number of aliphatic hydroxyl groups excluding tert-OH is 1. The largest absolute Gasteiger partial charge is 0.392 e. The third-order valence-corrected chi connectivity index (χ3v) is 5.75. The maximum Gasteiger partial charge on any atom is 0.238 e. The van der Waals surface area contributed by atoms with E-state index >= 15 is 0 Å². The number of aliphatic hydroxyl groups is 1. The standard InChI is InChI=1S/C13H18BrNO3S/c1-8-11(14)7-6-10(13(8)19(15,17)18)9-4-2-3-5-12(9)16/h6-7,9,12,16H,2-5H2,1H3,(H2,15,17,18)/t9-,12+/m1/s1. The maximum atomic E-state index is 11.9. The van der Waals surface area contributed by atoms with Gasteiger partial charge in [-0.3, -0.25) is 0 Å². The van der Waals surface area contributed by atoms with Crippen LogP contribution in [0.3, 0.4) is 0 Å². The molecule has 0 heterocycles. The Balaban J connectivity index is 2.60. The minimum absolute atomic E-state index is 0.145. The van der Waals surface area contributed by atoms with E-state index in [1.54, 1.807) is 13.0 Å². The lowest BCUT2D eigenvalue weighted by atomic mass is 9.81. The molecule has 0 amide bonds. The van der Waals surface area contributed by atoms with Gasteiger partial charge in [-0.15, -0.1) is 0 Å². The van der Waals surface area contributed by atoms with Gasteiger partial charge in [0, 0.05) is 10.4 Å². The maximum absolute atomic E-state index is 11.9. The first kappa shape index (κ1) is 15.0. The van der Waals surface area contributed by atoms with Gasteiger partial charge in [-0.1, -0.05) is 34.8 Å². The predicted molar refractivity (Wildman–Crippen MR) is 77.5 cm³/mol. The normalized spacial score (nSPS) is 24.4. The van der Waals surface area contributed by atoms with E-state index in [1.165, 1.54) is 0 Å². The van der Waals surface area contributed by atoms with Crippen molar-refractivity contribution in [2.75, 3.05) is 0 Å². The van der Waals surface area contributed by atoms with Gasteiger partial charge in [-0.05, 0) is 37.0 Å². The number of hydrogen-bond donors (Lipinski definition) is 2. The summed E-state index contributed by atoms with van der Waals surface area (Å²) in [4.78, 5) is 0.160. The van der Waals surface area contributed by atoms with Crippen molar-refractivity contribution in [3.05, 3.63) is 27.7 Å². The quantitative estimate of drug-likeness (QED) is 0.861. The zero-order valence-corrected chi connectivity index (χ0v) is 13.2. The summed E-state index contributed by atoms with van der Waals surface area (Å²) in [6, 6.07) is 3.58. The highest BCUT2D eigenvalue weighted by Crippen LogP contribution is 2.38. The fourth-order valence-electron chi connectivity index (χ4n) is 2.83. The Labute approximate surface area is 122 Å². The highest BCUT2D eigenvalue weighted by molar-refractivity contribution is 9.10. The van der Waals surface area contributed by atoms with Crippen molar-refractivity contribution in [1.29, 1.82) is 0 Å². The molecular formula is C13H18BrNO3S. The van der Waals surface area contributed by atoms with Gasteiger partial charge in [-0.25, -0.2) is 13.6 Å². The zero-order chi connectivity index (χ0) is 14.2. The lowest BCUT2D eigenvalue weighted by Crippen LogP contribution is -2.26. The van der Waals surface area contributed by atoms with Crippen LogP contribution in [0.2, 0.25) is 0 Å². The summed E-state index contributed by atoms with van der Waals surface area (Å²) < 4.78 is 24.4. The summed E-state index contributed by atoms with van der Waals surface area (Å²) in [6.07, 6.45) is 3.00. The molecule has 1 saturated carbocycles. The van der Waals surface area contributed by atoms with Crippen molar-refractivity contribution >= 4 is 26.0 Å². The van der Waals surface area contributed by atoms with E-state index in [4.69, 9.17) is 5.14 Å². The summed E-state index contributed by atoms with van der Waals surface area (Å²) in [7, 11) is -3.80. The molecule has 1 aromatic carbocycles. The van der Waals surface area contributed by atoms with E-state index in [2.05, 4.69) is 15.9 Å². The Morgan fingerprint density at radius 3 is 2.53 bits per heavy atom. The second-order valence-electron chi connectivity index (χ2n) is 5.09. The van der Waals surface area contributed by atoms with Gasteiger partial charge in [0.1, 0.15) is 0 Å². The summed E-state index contributed by atoms with van der Waals surface area (Å²) >= 11 is 3.33. The first-order chi connectivity index (χ1) is 8.82. The SMILES string of the molecule is Cc1c(Br)ccc([C@H]2CCCC[C@@H]2O)c1S(N)(=O)=O. The molecule has 0 radical (unpaired) electrons. The number of primary sulfonamides is 1. The van der Waals surface area contributed by atoms with E-state index in [-0.39, 0.29) is 10.8 Å². The minimum Gasteiger partial charge on any atom is -0.392 e. The van der Waals surface area contributed by atoms with Crippen LogP contribution in [0, 0.1) is 6.92 Å². The summed E-state index contributed by atoms with van der Waals surface area (Å²) in [6.45, 7) is 1.72. The van der Waals surface area contributed by atoms with Gasteiger partial charge in [0.25, 0.3) is 0 Å². The molecule has 4 nitrogen and oxygen atoms in total. The highest BCUT2D eigenvalue weighted by Gasteiger charge is 2.30. The molecule has 2 atom stereocenters. The van der Waals surface area contributed by atoms with E-state index in [1.807, 2.05) is 6.07 Å². The Kier molecular flexibility index (Phi) is 4.35. The van der Waals surface area contributed by atoms with Gasteiger partial charge in [0.05, 0.1) is 11.0 Å². The average molecular weight is 348 g/mol. The number of rotatable bonds is 2. The first-order valence-corrected chi connectivity index (χ1v) is 8.66.